The minimum atomic E-state index is -0.188. The predicted octanol–water partition coefficient (Wildman–Crippen LogP) is 1.87. The van der Waals surface area contributed by atoms with Gasteiger partial charge in [-0.1, -0.05) is 13.8 Å². The third-order valence-corrected chi connectivity index (χ3v) is 2.84. The van der Waals surface area contributed by atoms with Gasteiger partial charge in [0.1, 0.15) is 0 Å². The summed E-state index contributed by atoms with van der Waals surface area (Å²) in [6, 6.07) is 0. The highest BCUT2D eigenvalue weighted by Gasteiger charge is 2.34. The molecule has 0 bridgehead atoms. The molecule has 0 aromatic rings. The molecule has 3 heteroatoms. The molecule has 1 amide bonds. The van der Waals surface area contributed by atoms with Crippen LogP contribution in [0.3, 0.4) is 0 Å². The zero-order valence-electron chi connectivity index (χ0n) is 8.09. The van der Waals surface area contributed by atoms with E-state index < -0.39 is 0 Å². The quantitative estimate of drug-likeness (QED) is 0.602. The monoisotopic (exact) mass is 171 g/mol. The molecule has 1 aliphatic heterocycles. The van der Waals surface area contributed by atoms with Gasteiger partial charge < -0.3 is 9.64 Å². The Hall–Kier alpha value is -0.730. The standard InChI is InChI=1S/C9H17NO2/c1-4-9(2)5-6-10(7-9)8(11)12-3/h4-7H2,1-3H3/t9-/m1/s1. The van der Waals surface area contributed by atoms with E-state index in [9.17, 15) is 4.79 Å². The first-order chi connectivity index (χ1) is 5.61. The number of ether oxygens (including phenoxy) is 1. The van der Waals surface area contributed by atoms with E-state index in [1.165, 1.54) is 7.11 Å². The average molecular weight is 171 g/mol. The van der Waals surface area contributed by atoms with Crippen LogP contribution in [0.15, 0.2) is 0 Å². The maximum atomic E-state index is 11.1. The van der Waals surface area contributed by atoms with E-state index in [4.69, 9.17) is 0 Å². The van der Waals surface area contributed by atoms with Gasteiger partial charge in [0, 0.05) is 13.1 Å². The number of likely N-dealkylation sites (tertiary alicyclic amines) is 1. The van der Waals surface area contributed by atoms with Crippen LogP contribution in [-0.2, 0) is 4.74 Å². The lowest BCUT2D eigenvalue weighted by molar-refractivity contribution is 0.128. The molecule has 0 aromatic heterocycles. The molecular formula is C9H17NO2. The van der Waals surface area contributed by atoms with Crippen molar-refractivity contribution in [1.82, 2.24) is 4.90 Å². The second-order valence-corrected chi connectivity index (χ2v) is 3.81. The summed E-state index contributed by atoms with van der Waals surface area (Å²) in [5, 5.41) is 0. The summed E-state index contributed by atoms with van der Waals surface area (Å²) in [6.07, 6.45) is 2.03. The van der Waals surface area contributed by atoms with Gasteiger partial charge in [-0.3, -0.25) is 0 Å². The van der Waals surface area contributed by atoms with E-state index in [-0.39, 0.29) is 6.09 Å². The van der Waals surface area contributed by atoms with Crippen LogP contribution in [0.5, 0.6) is 0 Å². The van der Waals surface area contributed by atoms with Crippen molar-refractivity contribution in [3.05, 3.63) is 0 Å². The molecule has 1 heterocycles. The van der Waals surface area contributed by atoms with E-state index in [0.29, 0.717) is 5.41 Å². The Bertz CT molecular complexity index is 181. The average Bonchev–Trinajstić information content (AvgIpc) is 2.48. The number of amides is 1. The van der Waals surface area contributed by atoms with Gasteiger partial charge in [-0.2, -0.15) is 0 Å². The third-order valence-electron chi connectivity index (χ3n) is 2.84. The summed E-state index contributed by atoms with van der Waals surface area (Å²) in [5.41, 5.74) is 0.314. The van der Waals surface area contributed by atoms with E-state index in [0.717, 1.165) is 25.9 Å². The number of rotatable bonds is 1. The summed E-state index contributed by atoms with van der Waals surface area (Å²) in [7, 11) is 1.43. The van der Waals surface area contributed by atoms with Crippen LogP contribution in [0.2, 0.25) is 0 Å². The third kappa shape index (κ3) is 1.71. The highest BCUT2D eigenvalue weighted by atomic mass is 16.5. The zero-order valence-corrected chi connectivity index (χ0v) is 8.09. The summed E-state index contributed by atoms with van der Waals surface area (Å²) in [4.78, 5) is 12.9. The van der Waals surface area contributed by atoms with E-state index in [2.05, 4.69) is 18.6 Å². The lowest BCUT2D eigenvalue weighted by Crippen LogP contribution is -2.30. The predicted molar refractivity (Wildman–Crippen MR) is 47.0 cm³/mol. The maximum absolute atomic E-state index is 11.1. The van der Waals surface area contributed by atoms with Crippen molar-refractivity contribution >= 4 is 6.09 Å². The Kier molecular flexibility index (Phi) is 2.60. The molecule has 0 radical (unpaired) electrons. The summed E-state index contributed by atoms with van der Waals surface area (Å²) < 4.78 is 4.66. The lowest BCUT2D eigenvalue weighted by Gasteiger charge is -2.21. The SMILES string of the molecule is CC[C@]1(C)CCN(C(=O)OC)C1. The number of methoxy groups -OCH3 is 1. The Morgan fingerprint density at radius 3 is 2.75 bits per heavy atom. The van der Waals surface area contributed by atoms with Gasteiger partial charge in [0.25, 0.3) is 0 Å². The van der Waals surface area contributed by atoms with E-state index >= 15 is 0 Å². The van der Waals surface area contributed by atoms with Gasteiger partial charge in [0.15, 0.2) is 0 Å². The molecule has 1 atom stereocenters. The Labute approximate surface area is 73.7 Å². The molecule has 12 heavy (non-hydrogen) atoms. The maximum Gasteiger partial charge on any atom is 0.409 e. The first-order valence-corrected chi connectivity index (χ1v) is 4.44. The molecular weight excluding hydrogens is 154 g/mol. The molecule has 0 unspecified atom stereocenters. The molecule has 70 valence electrons. The fourth-order valence-electron chi connectivity index (χ4n) is 1.60. The van der Waals surface area contributed by atoms with Gasteiger partial charge >= 0.3 is 6.09 Å². The number of hydrogen-bond donors (Lipinski definition) is 0. The molecule has 0 N–H and O–H groups in total. The van der Waals surface area contributed by atoms with Crippen molar-refractivity contribution < 1.29 is 9.53 Å². The van der Waals surface area contributed by atoms with Crippen LogP contribution < -0.4 is 0 Å². The Balaban J connectivity index is 2.50. The Morgan fingerprint density at radius 1 is 1.67 bits per heavy atom. The van der Waals surface area contributed by atoms with Crippen molar-refractivity contribution in [2.24, 2.45) is 5.41 Å². The zero-order chi connectivity index (χ0) is 9.19. The fourth-order valence-corrected chi connectivity index (χ4v) is 1.60. The number of carbonyl (C=O) groups excluding carboxylic acids is 1. The normalized spacial score (nSPS) is 29.1. The summed E-state index contributed by atoms with van der Waals surface area (Å²) in [6.45, 7) is 6.07. The highest BCUT2D eigenvalue weighted by molar-refractivity contribution is 5.67. The summed E-state index contributed by atoms with van der Waals surface area (Å²) >= 11 is 0. The van der Waals surface area contributed by atoms with Crippen LogP contribution in [-0.4, -0.2) is 31.2 Å². The van der Waals surface area contributed by atoms with Crippen molar-refractivity contribution in [3.8, 4) is 0 Å². The lowest BCUT2D eigenvalue weighted by atomic mass is 9.87. The van der Waals surface area contributed by atoms with Crippen molar-refractivity contribution in [1.29, 1.82) is 0 Å². The van der Waals surface area contributed by atoms with Crippen LogP contribution in [0.25, 0.3) is 0 Å². The number of nitrogens with zero attached hydrogens (tertiary/aromatic N) is 1. The molecule has 1 rings (SSSR count). The second-order valence-electron chi connectivity index (χ2n) is 3.81. The largest absolute Gasteiger partial charge is 0.453 e. The molecule has 0 aromatic carbocycles. The molecule has 1 aliphatic rings. The topological polar surface area (TPSA) is 29.5 Å². The van der Waals surface area contributed by atoms with Crippen molar-refractivity contribution in [2.45, 2.75) is 26.7 Å². The number of hydrogen-bond acceptors (Lipinski definition) is 2. The first-order valence-electron chi connectivity index (χ1n) is 4.44. The summed E-state index contributed by atoms with van der Waals surface area (Å²) in [5.74, 6) is 0. The van der Waals surface area contributed by atoms with Crippen LogP contribution in [0.1, 0.15) is 26.7 Å². The van der Waals surface area contributed by atoms with Crippen molar-refractivity contribution in [3.63, 3.8) is 0 Å². The van der Waals surface area contributed by atoms with Gasteiger partial charge in [0.2, 0.25) is 0 Å². The minimum Gasteiger partial charge on any atom is -0.453 e. The second kappa shape index (κ2) is 3.33. The Morgan fingerprint density at radius 2 is 2.33 bits per heavy atom. The molecule has 1 fully saturated rings. The van der Waals surface area contributed by atoms with Crippen molar-refractivity contribution in [2.75, 3.05) is 20.2 Å². The van der Waals surface area contributed by atoms with E-state index in [1.54, 1.807) is 4.90 Å². The molecule has 0 spiro atoms. The van der Waals surface area contributed by atoms with Gasteiger partial charge in [-0.05, 0) is 18.3 Å². The van der Waals surface area contributed by atoms with E-state index in [1.807, 2.05) is 0 Å². The minimum absolute atomic E-state index is 0.188. The smallest absolute Gasteiger partial charge is 0.409 e. The van der Waals surface area contributed by atoms with Gasteiger partial charge in [0.05, 0.1) is 7.11 Å². The highest BCUT2D eigenvalue weighted by Crippen LogP contribution is 2.32. The van der Waals surface area contributed by atoms with Gasteiger partial charge in [-0.15, -0.1) is 0 Å². The number of carbonyl (C=O) groups is 1. The molecule has 3 nitrogen and oxygen atoms in total. The molecule has 0 aliphatic carbocycles. The van der Waals surface area contributed by atoms with Gasteiger partial charge in [-0.25, -0.2) is 4.79 Å². The van der Waals surface area contributed by atoms with Crippen LogP contribution >= 0.6 is 0 Å². The van der Waals surface area contributed by atoms with Crippen LogP contribution in [0.4, 0.5) is 4.79 Å². The first kappa shape index (κ1) is 9.36. The molecule has 1 saturated heterocycles. The molecule has 0 saturated carbocycles. The van der Waals surface area contributed by atoms with Crippen LogP contribution in [0, 0.1) is 5.41 Å². The fraction of sp³-hybridized carbons (Fsp3) is 0.889.